The summed E-state index contributed by atoms with van der Waals surface area (Å²) in [6.45, 7) is 1.55. The van der Waals surface area contributed by atoms with E-state index in [9.17, 15) is 18.0 Å². The van der Waals surface area contributed by atoms with Gasteiger partial charge in [-0.05, 0) is 0 Å². The van der Waals surface area contributed by atoms with Gasteiger partial charge in [0.15, 0.2) is 15.5 Å². The molecule has 2 aromatic rings. The van der Waals surface area contributed by atoms with Crippen molar-refractivity contribution in [2.24, 2.45) is 0 Å². The van der Waals surface area contributed by atoms with Gasteiger partial charge in [-0.2, -0.15) is 5.10 Å². The van der Waals surface area contributed by atoms with Gasteiger partial charge in [-0.25, -0.2) is 13.4 Å². The maximum atomic E-state index is 12.6. The van der Waals surface area contributed by atoms with E-state index in [1.54, 1.807) is 0 Å². The Morgan fingerprint density at radius 3 is 2.58 bits per heavy atom. The van der Waals surface area contributed by atoms with E-state index in [1.807, 2.05) is 4.90 Å². The van der Waals surface area contributed by atoms with Gasteiger partial charge < -0.3 is 0 Å². The number of hydrogen-bond donors (Lipinski definition) is 1. The molecule has 2 aliphatic heterocycles. The number of imide groups is 1. The number of amides is 2. The third-order valence-electron chi connectivity index (χ3n) is 4.49. The van der Waals surface area contributed by atoms with Crippen molar-refractivity contribution in [3.63, 3.8) is 0 Å². The van der Waals surface area contributed by atoms with Gasteiger partial charge in [-0.3, -0.25) is 24.5 Å². The lowest BCUT2D eigenvalue weighted by Crippen LogP contribution is -2.45. The summed E-state index contributed by atoms with van der Waals surface area (Å²) in [6, 6.07) is 0. The van der Waals surface area contributed by atoms with Crippen molar-refractivity contribution in [3.8, 4) is 0 Å². The molecule has 0 aromatic carbocycles. The number of hydrogen-bond acceptors (Lipinski definition) is 7. The lowest BCUT2D eigenvalue weighted by Gasteiger charge is -2.27. The SMILES string of the molecule is O=C1c2cnc3[nH]ncc3c2C(=O)N1CCN1CCS(=O)(=O)CC1. The molecule has 1 N–H and O–H groups in total. The number of aromatic nitrogens is 3. The molecule has 0 spiro atoms. The average molecular weight is 349 g/mol. The van der Waals surface area contributed by atoms with Gasteiger partial charge in [0.2, 0.25) is 0 Å². The lowest BCUT2D eigenvalue weighted by atomic mass is 10.1. The Bertz CT molecular complexity index is 937. The number of pyridine rings is 1. The molecule has 4 heterocycles. The van der Waals surface area contributed by atoms with Gasteiger partial charge in [0.05, 0.1) is 34.2 Å². The molecule has 2 aromatic heterocycles. The van der Waals surface area contributed by atoms with Crippen molar-refractivity contribution >= 4 is 32.7 Å². The number of H-pyrrole nitrogens is 1. The van der Waals surface area contributed by atoms with E-state index in [-0.39, 0.29) is 35.4 Å². The first-order chi connectivity index (χ1) is 11.5. The Hall–Kier alpha value is -2.33. The molecule has 2 amide bonds. The lowest BCUT2D eigenvalue weighted by molar-refractivity contribution is 0.0638. The van der Waals surface area contributed by atoms with Gasteiger partial charge in [0.25, 0.3) is 11.8 Å². The molecule has 0 aliphatic carbocycles. The Balaban J connectivity index is 1.51. The predicted molar refractivity (Wildman–Crippen MR) is 84.3 cm³/mol. The highest BCUT2D eigenvalue weighted by Gasteiger charge is 2.38. The molecule has 0 radical (unpaired) electrons. The molecule has 0 atom stereocenters. The minimum Gasteiger partial charge on any atom is -0.300 e. The first kappa shape index (κ1) is 15.2. The van der Waals surface area contributed by atoms with Gasteiger partial charge in [-0.15, -0.1) is 0 Å². The van der Waals surface area contributed by atoms with Gasteiger partial charge in [-0.1, -0.05) is 0 Å². The second-order valence-electron chi connectivity index (χ2n) is 5.93. The molecule has 0 unspecified atom stereocenters. The molecule has 1 fully saturated rings. The molecule has 1 saturated heterocycles. The van der Waals surface area contributed by atoms with Crippen LogP contribution in [-0.4, -0.2) is 82.9 Å². The van der Waals surface area contributed by atoms with E-state index in [1.165, 1.54) is 17.3 Å². The zero-order chi connectivity index (χ0) is 16.9. The quantitative estimate of drug-likeness (QED) is 0.727. The fourth-order valence-corrected chi connectivity index (χ4v) is 4.36. The van der Waals surface area contributed by atoms with Crippen LogP contribution in [0.2, 0.25) is 0 Å². The van der Waals surface area contributed by atoms with E-state index in [0.717, 1.165) is 0 Å². The van der Waals surface area contributed by atoms with Crippen LogP contribution in [-0.2, 0) is 9.84 Å². The van der Waals surface area contributed by atoms with Crippen molar-refractivity contribution in [1.29, 1.82) is 0 Å². The molecule has 126 valence electrons. The highest BCUT2D eigenvalue weighted by atomic mass is 32.2. The van der Waals surface area contributed by atoms with Crippen LogP contribution in [0, 0.1) is 0 Å². The summed E-state index contributed by atoms with van der Waals surface area (Å²) < 4.78 is 22.9. The van der Waals surface area contributed by atoms with Crippen molar-refractivity contribution < 1.29 is 18.0 Å². The highest BCUT2D eigenvalue weighted by Crippen LogP contribution is 2.27. The number of sulfone groups is 1. The largest absolute Gasteiger partial charge is 0.300 e. The van der Waals surface area contributed by atoms with Crippen molar-refractivity contribution in [2.45, 2.75) is 0 Å². The topological polar surface area (TPSA) is 116 Å². The Kier molecular flexibility index (Phi) is 3.39. The first-order valence-electron chi connectivity index (χ1n) is 7.57. The average Bonchev–Trinajstić information content (AvgIpc) is 3.11. The standard InChI is InChI=1S/C14H15N5O4S/c20-13-10-7-15-12-9(8-16-17-12)11(10)14(21)19(13)2-1-18-3-5-24(22,23)6-4-18/h7-8H,1-6H2,(H,15,16,17). The number of fused-ring (bicyclic) bond motifs is 3. The van der Waals surface area contributed by atoms with Crippen LogP contribution in [0.4, 0.5) is 0 Å². The van der Waals surface area contributed by atoms with Gasteiger partial charge in [0.1, 0.15) is 0 Å². The monoisotopic (exact) mass is 349 g/mol. The number of nitrogens with one attached hydrogen (secondary N) is 1. The summed E-state index contributed by atoms with van der Waals surface area (Å²) in [5.41, 5.74) is 1.09. The number of aromatic amines is 1. The molecular weight excluding hydrogens is 334 g/mol. The summed E-state index contributed by atoms with van der Waals surface area (Å²) >= 11 is 0. The molecule has 24 heavy (non-hydrogen) atoms. The summed E-state index contributed by atoms with van der Waals surface area (Å²) in [5, 5.41) is 7.08. The van der Waals surface area contributed by atoms with Crippen LogP contribution in [0.25, 0.3) is 11.0 Å². The van der Waals surface area contributed by atoms with Crippen LogP contribution in [0.1, 0.15) is 20.7 Å². The molecule has 10 heteroatoms. The summed E-state index contributed by atoms with van der Waals surface area (Å²) in [5.74, 6) is -0.479. The number of rotatable bonds is 3. The maximum Gasteiger partial charge on any atom is 0.263 e. The van der Waals surface area contributed by atoms with Gasteiger partial charge in [0, 0.05) is 32.4 Å². The minimum absolute atomic E-state index is 0.120. The highest BCUT2D eigenvalue weighted by molar-refractivity contribution is 7.91. The van der Waals surface area contributed by atoms with E-state index in [4.69, 9.17) is 0 Å². The van der Waals surface area contributed by atoms with E-state index >= 15 is 0 Å². The van der Waals surface area contributed by atoms with E-state index < -0.39 is 9.84 Å². The molecule has 0 saturated carbocycles. The zero-order valence-corrected chi connectivity index (χ0v) is 13.5. The molecule has 9 nitrogen and oxygen atoms in total. The number of nitrogens with zero attached hydrogens (tertiary/aromatic N) is 4. The Morgan fingerprint density at radius 1 is 1.08 bits per heavy atom. The van der Waals surface area contributed by atoms with Crippen LogP contribution in [0.5, 0.6) is 0 Å². The number of carbonyl (C=O) groups excluding carboxylic acids is 2. The third-order valence-corrected chi connectivity index (χ3v) is 6.10. The molecule has 4 rings (SSSR count). The fourth-order valence-electron chi connectivity index (χ4n) is 3.08. The number of carbonyl (C=O) groups is 2. The van der Waals surface area contributed by atoms with Gasteiger partial charge >= 0.3 is 0 Å². The summed E-state index contributed by atoms with van der Waals surface area (Å²) in [4.78, 5) is 32.3. The Morgan fingerprint density at radius 2 is 1.83 bits per heavy atom. The normalized spacial score (nSPS) is 20.8. The van der Waals surface area contributed by atoms with E-state index in [0.29, 0.717) is 36.2 Å². The summed E-state index contributed by atoms with van der Waals surface area (Å²) in [7, 11) is -2.94. The molecular formula is C14H15N5O4S. The van der Waals surface area contributed by atoms with Crippen LogP contribution in [0.15, 0.2) is 12.4 Å². The second kappa shape index (κ2) is 5.35. The molecule has 2 aliphatic rings. The fraction of sp³-hybridized carbons (Fsp3) is 0.429. The van der Waals surface area contributed by atoms with Crippen molar-refractivity contribution in [1.82, 2.24) is 25.0 Å². The second-order valence-corrected chi connectivity index (χ2v) is 8.24. The third kappa shape index (κ3) is 2.38. The summed E-state index contributed by atoms with van der Waals surface area (Å²) in [6.07, 6.45) is 2.88. The van der Waals surface area contributed by atoms with E-state index in [2.05, 4.69) is 15.2 Å². The Labute approximate surface area is 137 Å². The maximum absolute atomic E-state index is 12.6. The first-order valence-corrected chi connectivity index (χ1v) is 9.39. The molecule has 0 bridgehead atoms. The van der Waals surface area contributed by atoms with Crippen LogP contribution < -0.4 is 0 Å². The zero-order valence-electron chi connectivity index (χ0n) is 12.7. The van der Waals surface area contributed by atoms with Crippen molar-refractivity contribution in [3.05, 3.63) is 23.5 Å². The van der Waals surface area contributed by atoms with Crippen LogP contribution >= 0.6 is 0 Å². The predicted octanol–water partition coefficient (Wildman–Crippen LogP) is -0.716. The smallest absolute Gasteiger partial charge is 0.263 e. The van der Waals surface area contributed by atoms with Crippen LogP contribution in [0.3, 0.4) is 0 Å². The minimum atomic E-state index is -2.94. The van der Waals surface area contributed by atoms with Crippen molar-refractivity contribution in [2.75, 3.05) is 37.7 Å².